The summed E-state index contributed by atoms with van der Waals surface area (Å²) in [6, 6.07) is 8.97. The average Bonchev–Trinajstić information content (AvgIpc) is 2.93. The fourth-order valence-electron chi connectivity index (χ4n) is 2.57. The number of anilines is 1. The van der Waals surface area contributed by atoms with Gasteiger partial charge in [0.25, 0.3) is 5.91 Å². The molecule has 0 aromatic heterocycles. The number of rotatable bonds is 5. The lowest BCUT2D eigenvalue weighted by Gasteiger charge is -2.15. The average molecular weight is 564 g/mol. The lowest BCUT2D eigenvalue weighted by atomic mass is 10.1. The van der Waals surface area contributed by atoms with Crippen molar-refractivity contribution in [3.8, 4) is 11.5 Å². The Hall–Kier alpha value is -1.06. The van der Waals surface area contributed by atoms with E-state index in [9.17, 15) is 4.79 Å². The summed E-state index contributed by atoms with van der Waals surface area (Å²) in [5, 5.41) is 0.510. The molecule has 1 heterocycles. The number of methoxy groups -OCH3 is 1. The van der Waals surface area contributed by atoms with Crippen LogP contribution in [0.15, 0.2) is 44.2 Å². The fourth-order valence-corrected chi connectivity index (χ4v) is 4.87. The van der Waals surface area contributed by atoms with Gasteiger partial charge in [-0.3, -0.25) is 9.69 Å². The summed E-state index contributed by atoms with van der Waals surface area (Å²) in [6.45, 7) is 2.42. The van der Waals surface area contributed by atoms with Gasteiger partial charge in [0.1, 0.15) is 0 Å². The van der Waals surface area contributed by atoms with Crippen molar-refractivity contribution in [1.29, 1.82) is 0 Å². The second kappa shape index (κ2) is 9.17. The zero-order valence-corrected chi connectivity index (χ0v) is 20.4. The molecule has 28 heavy (non-hydrogen) atoms. The van der Waals surface area contributed by atoms with Crippen LogP contribution in [-0.2, 0) is 4.79 Å². The molecule has 2 aromatic carbocycles. The molecule has 0 saturated carbocycles. The molecule has 0 radical (unpaired) electrons. The summed E-state index contributed by atoms with van der Waals surface area (Å²) in [7, 11) is 1.57. The van der Waals surface area contributed by atoms with E-state index < -0.39 is 0 Å². The van der Waals surface area contributed by atoms with Crippen LogP contribution in [0.5, 0.6) is 11.5 Å². The van der Waals surface area contributed by atoms with Crippen LogP contribution in [-0.4, -0.2) is 23.9 Å². The number of ether oxygens (including phenoxy) is 2. The van der Waals surface area contributed by atoms with Crippen molar-refractivity contribution in [2.45, 2.75) is 6.92 Å². The topological polar surface area (TPSA) is 38.8 Å². The quantitative estimate of drug-likeness (QED) is 0.300. The molecule has 0 spiro atoms. The molecule has 0 aliphatic carbocycles. The number of carbonyl (C=O) groups is 1. The van der Waals surface area contributed by atoms with Gasteiger partial charge in [0.2, 0.25) is 0 Å². The minimum Gasteiger partial charge on any atom is -0.493 e. The van der Waals surface area contributed by atoms with Crippen molar-refractivity contribution in [3.63, 3.8) is 0 Å². The van der Waals surface area contributed by atoms with Gasteiger partial charge in [-0.15, -0.1) is 0 Å². The van der Waals surface area contributed by atoms with Crippen LogP contribution in [0.1, 0.15) is 12.5 Å². The molecule has 1 saturated heterocycles. The van der Waals surface area contributed by atoms with Crippen molar-refractivity contribution in [3.05, 3.63) is 54.8 Å². The van der Waals surface area contributed by atoms with Gasteiger partial charge in [-0.2, -0.15) is 0 Å². The highest BCUT2D eigenvalue weighted by atomic mass is 79.9. The lowest BCUT2D eigenvalue weighted by molar-refractivity contribution is -0.113. The Kier molecular flexibility index (Phi) is 7.09. The van der Waals surface area contributed by atoms with E-state index in [1.165, 1.54) is 16.7 Å². The first kappa shape index (κ1) is 21.6. The summed E-state index contributed by atoms with van der Waals surface area (Å²) in [6.07, 6.45) is 1.78. The van der Waals surface area contributed by atoms with Gasteiger partial charge in [-0.1, -0.05) is 35.6 Å². The Morgan fingerprint density at radius 1 is 1.25 bits per heavy atom. The lowest BCUT2D eigenvalue weighted by Crippen LogP contribution is -2.27. The van der Waals surface area contributed by atoms with E-state index in [2.05, 4.69) is 31.9 Å². The standard InChI is InChI=1S/C19H14Br2ClNO3S2/c1-3-26-17-13(21)6-10(7-15(17)25-2)8-16-18(24)23(19(27)28-16)11-4-5-12(20)14(22)9-11/h4-9H,3H2,1-2H3/b16-8+. The van der Waals surface area contributed by atoms with Crippen molar-refractivity contribution < 1.29 is 14.3 Å². The van der Waals surface area contributed by atoms with Crippen molar-refractivity contribution in [2.24, 2.45) is 0 Å². The second-order valence-electron chi connectivity index (χ2n) is 5.58. The van der Waals surface area contributed by atoms with E-state index in [4.69, 9.17) is 33.3 Å². The highest BCUT2D eigenvalue weighted by molar-refractivity contribution is 9.10. The molecular weight excluding hydrogens is 550 g/mol. The number of amides is 1. The monoisotopic (exact) mass is 561 g/mol. The summed E-state index contributed by atoms with van der Waals surface area (Å²) < 4.78 is 13.0. The van der Waals surface area contributed by atoms with Crippen LogP contribution in [0.3, 0.4) is 0 Å². The number of hydrogen-bond acceptors (Lipinski definition) is 5. The maximum atomic E-state index is 13.0. The molecule has 0 atom stereocenters. The van der Waals surface area contributed by atoms with Gasteiger partial charge >= 0.3 is 0 Å². The van der Waals surface area contributed by atoms with Crippen molar-refractivity contribution >= 4 is 89.4 Å². The van der Waals surface area contributed by atoms with Crippen LogP contribution >= 0.6 is 67.4 Å². The van der Waals surface area contributed by atoms with Gasteiger partial charge in [0, 0.05) is 4.47 Å². The number of thiocarbonyl (C=S) groups is 1. The first-order valence-electron chi connectivity index (χ1n) is 8.09. The zero-order valence-electron chi connectivity index (χ0n) is 14.8. The SMILES string of the molecule is CCOc1c(Br)cc(/C=C2/SC(=S)N(c3ccc(Br)c(Cl)c3)C2=O)cc1OC. The van der Waals surface area contributed by atoms with Crippen LogP contribution in [0, 0.1) is 0 Å². The normalized spacial score (nSPS) is 15.5. The summed E-state index contributed by atoms with van der Waals surface area (Å²) in [5.74, 6) is 1.01. The molecule has 0 bridgehead atoms. The molecule has 1 fully saturated rings. The summed E-state index contributed by atoms with van der Waals surface area (Å²) in [4.78, 5) is 14.9. The number of halogens is 3. The van der Waals surface area contributed by atoms with Gasteiger partial charge in [0.15, 0.2) is 15.8 Å². The second-order valence-corrected chi connectivity index (χ2v) is 9.37. The minimum absolute atomic E-state index is 0.197. The maximum absolute atomic E-state index is 13.0. The Morgan fingerprint density at radius 3 is 2.64 bits per heavy atom. The summed E-state index contributed by atoms with van der Waals surface area (Å²) >= 11 is 19.7. The van der Waals surface area contributed by atoms with Crippen LogP contribution < -0.4 is 14.4 Å². The highest BCUT2D eigenvalue weighted by Crippen LogP contribution is 2.40. The molecule has 0 unspecified atom stereocenters. The van der Waals surface area contributed by atoms with E-state index in [1.807, 2.05) is 19.1 Å². The number of carbonyl (C=O) groups excluding carboxylic acids is 1. The third kappa shape index (κ3) is 4.41. The largest absolute Gasteiger partial charge is 0.493 e. The third-order valence-corrected chi connectivity index (χ3v) is 6.92. The van der Waals surface area contributed by atoms with E-state index in [0.717, 1.165) is 14.5 Å². The predicted molar refractivity (Wildman–Crippen MR) is 127 cm³/mol. The summed E-state index contributed by atoms with van der Waals surface area (Å²) in [5.41, 5.74) is 1.42. The Balaban J connectivity index is 1.95. The van der Waals surface area contributed by atoms with E-state index in [0.29, 0.717) is 38.0 Å². The molecule has 2 aromatic rings. The van der Waals surface area contributed by atoms with E-state index in [1.54, 1.807) is 31.4 Å². The van der Waals surface area contributed by atoms with E-state index in [-0.39, 0.29) is 5.91 Å². The molecule has 146 valence electrons. The highest BCUT2D eigenvalue weighted by Gasteiger charge is 2.33. The van der Waals surface area contributed by atoms with E-state index >= 15 is 0 Å². The Labute approximate surface area is 194 Å². The number of hydrogen-bond donors (Lipinski definition) is 0. The van der Waals surface area contributed by atoms with Crippen LogP contribution in [0.4, 0.5) is 5.69 Å². The van der Waals surface area contributed by atoms with Crippen molar-refractivity contribution in [1.82, 2.24) is 0 Å². The number of thioether (sulfide) groups is 1. The first-order chi connectivity index (χ1) is 13.3. The zero-order chi connectivity index (χ0) is 20.4. The molecule has 0 N–H and O–H groups in total. The fraction of sp³-hybridized carbons (Fsp3) is 0.158. The molecule has 4 nitrogen and oxygen atoms in total. The van der Waals surface area contributed by atoms with Crippen molar-refractivity contribution in [2.75, 3.05) is 18.6 Å². The molecule has 1 aliphatic rings. The number of benzene rings is 2. The van der Waals surface area contributed by atoms with Crippen LogP contribution in [0.25, 0.3) is 6.08 Å². The molecule has 3 rings (SSSR count). The minimum atomic E-state index is -0.197. The smallest absolute Gasteiger partial charge is 0.270 e. The molecule has 9 heteroatoms. The maximum Gasteiger partial charge on any atom is 0.270 e. The van der Waals surface area contributed by atoms with Gasteiger partial charge in [-0.05, 0) is 80.8 Å². The predicted octanol–water partition coefficient (Wildman–Crippen LogP) is 6.68. The first-order valence-corrected chi connectivity index (χ1v) is 11.3. The van der Waals surface area contributed by atoms with Crippen LogP contribution in [0.2, 0.25) is 5.02 Å². The molecule has 1 aliphatic heterocycles. The Morgan fingerprint density at radius 2 is 2.00 bits per heavy atom. The van der Waals surface area contributed by atoms with Gasteiger partial charge in [-0.25, -0.2) is 0 Å². The molecular formula is C19H14Br2ClNO3S2. The number of nitrogens with zero attached hydrogens (tertiary/aromatic N) is 1. The van der Waals surface area contributed by atoms with Gasteiger partial charge < -0.3 is 9.47 Å². The third-order valence-electron chi connectivity index (χ3n) is 3.79. The molecule has 1 amide bonds. The Bertz CT molecular complexity index is 997. The van der Waals surface area contributed by atoms with Gasteiger partial charge in [0.05, 0.1) is 33.8 Å².